The Hall–Kier alpha value is -2.38. The first kappa shape index (κ1) is 22.9. The number of ether oxygens (including phenoxy) is 1. The fourth-order valence-corrected chi connectivity index (χ4v) is 3.49. The van der Waals surface area contributed by atoms with Crippen LogP contribution in [0.4, 0.5) is 0 Å². The van der Waals surface area contributed by atoms with E-state index in [4.69, 9.17) is 4.74 Å². The molecule has 2 amide bonds. The Morgan fingerprint density at radius 2 is 1.93 bits per heavy atom. The Labute approximate surface area is 174 Å². The summed E-state index contributed by atoms with van der Waals surface area (Å²) in [6, 6.07) is 8.14. The fourth-order valence-electron chi connectivity index (χ4n) is 3.49. The highest BCUT2D eigenvalue weighted by atomic mass is 16.5. The lowest BCUT2D eigenvalue weighted by Gasteiger charge is -2.32. The maximum atomic E-state index is 12.6. The van der Waals surface area contributed by atoms with Gasteiger partial charge in [0.2, 0.25) is 0 Å². The van der Waals surface area contributed by atoms with Gasteiger partial charge in [0.1, 0.15) is 18.9 Å². The molecule has 1 heterocycles. The number of rotatable bonds is 10. The molecule has 0 radical (unpaired) electrons. The van der Waals surface area contributed by atoms with Crippen LogP contribution in [-0.4, -0.2) is 75.7 Å². The van der Waals surface area contributed by atoms with Crippen LogP contribution < -0.4 is 19.9 Å². The van der Waals surface area contributed by atoms with Gasteiger partial charge in [-0.2, -0.15) is 0 Å². The Bertz CT molecular complexity index is 667. The molecule has 1 atom stereocenters. The van der Waals surface area contributed by atoms with Crippen molar-refractivity contribution in [1.29, 1.82) is 0 Å². The highest BCUT2D eigenvalue weighted by Crippen LogP contribution is 2.11. The van der Waals surface area contributed by atoms with Crippen molar-refractivity contribution >= 4 is 11.8 Å². The van der Waals surface area contributed by atoms with Gasteiger partial charge >= 0.3 is 0 Å². The van der Waals surface area contributed by atoms with E-state index in [-0.39, 0.29) is 17.9 Å². The van der Waals surface area contributed by atoms with E-state index in [1.165, 1.54) is 10.5 Å². The molecule has 0 aromatic heterocycles. The number of amides is 2. The monoisotopic (exact) mass is 404 g/mol. The second-order valence-electron chi connectivity index (χ2n) is 8.08. The Morgan fingerprint density at radius 3 is 2.52 bits per heavy atom. The molecule has 7 nitrogen and oxygen atoms in total. The van der Waals surface area contributed by atoms with Crippen molar-refractivity contribution in [3.63, 3.8) is 0 Å². The molecule has 0 spiro atoms. The minimum absolute atomic E-state index is 0.0832. The highest BCUT2D eigenvalue weighted by molar-refractivity contribution is 5.77. The molecule has 1 aliphatic heterocycles. The fraction of sp³-hybridized carbons (Fsp3) is 0.545. The normalized spacial score (nSPS) is 15.8. The number of nitrogens with zero attached hydrogens (tertiary/aromatic N) is 1. The van der Waals surface area contributed by atoms with Crippen LogP contribution in [-0.2, 0) is 16.1 Å². The third kappa shape index (κ3) is 8.25. The van der Waals surface area contributed by atoms with E-state index in [9.17, 15) is 9.59 Å². The van der Waals surface area contributed by atoms with Crippen molar-refractivity contribution in [3.05, 3.63) is 42.5 Å². The predicted octanol–water partition coefficient (Wildman–Crippen LogP) is -1.48. The van der Waals surface area contributed by atoms with Crippen molar-refractivity contribution in [3.8, 4) is 5.75 Å². The van der Waals surface area contributed by atoms with Crippen LogP contribution in [0.1, 0.15) is 19.4 Å². The van der Waals surface area contributed by atoms with Crippen molar-refractivity contribution in [2.75, 3.05) is 52.9 Å². The summed E-state index contributed by atoms with van der Waals surface area (Å²) in [5, 5.41) is 2.93. The predicted molar refractivity (Wildman–Crippen MR) is 113 cm³/mol. The summed E-state index contributed by atoms with van der Waals surface area (Å²) in [7, 11) is 2.04. The van der Waals surface area contributed by atoms with E-state index < -0.39 is 0 Å². The third-order valence-electron chi connectivity index (χ3n) is 4.93. The molecule has 0 saturated carbocycles. The number of piperazine rings is 1. The SMILES string of the molecule is C=CCOc1ccc(C[NH+](C)CC(=O)N2CC[NH+](CC(=O)NC(C)C)CC2)cc1. The molecular weight excluding hydrogens is 368 g/mol. The standard InChI is InChI=1S/C22H34N4O3/c1-5-14-29-20-8-6-19(7-9-20)15-24(4)17-22(28)26-12-10-25(11-13-26)16-21(27)23-18(2)3/h5-9,18H,1,10-17H2,2-4H3,(H,23,27)/p+2. The van der Waals surface area contributed by atoms with E-state index >= 15 is 0 Å². The van der Waals surface area contributed by atoms with Crippen LogP contribution >= 0.6 is 0 Å². The Balaban J connectivity index is 1.72. The average molecular weight is 405 g/mol. The molecule has 1 unspecified atom stereocenters. The molecular formula is C22H36N4O3+2. The molecule has 1 fully saturated rings. The molecule has 0 aliphatic carbocycles. The van der Waals surface area contributed by atoms with Gasteiger partial charge in [0.15, 0.2) is 13.1 Å². The summed E-state index contributed by atoms with van der Waals surface area (Å²) in [6.07, 6.45) is 1.72. The lowest BCUT2D eigenvalue weighted by atomic mass is 10.2. The van der Waals surface area contributed by atoms with E-state index in [1.54, 1.807) is 6.08 Å². The molecule has 1 aromatic rings. The van der Waals surface area contributed by atoms with Gasteiger partial charge < -0.3 is 24.8 Å². The van der Waals surface area contributed by atoms with Crippen LogP contribution in [0.15, 0.2) is 36.9 Å². The molecule has 0 bridgehead atoms. The maximum absolute atomic E-state index is 12.6. The topological polar surface area (TPSA) is 67.5 Å². The second-order valence-corrected chi connectivity index (χ2v) is 8.08. The lowest BCUT2D eigenvalue weighted by molar-refractivity contribution is -0.897. The smallest absolute Gasteiger partial charge is 0.278 e. The number of hydrogen-bond donors (Lipinski definition) is 3. The zero-order valence-electron chi connectivity index (χ0n) is 18.0. The van der Waals surface area contributed by atoms with E-state index in [2.05, 4.69) is 11.9 Å². The van der Waals surface area contributed by atoms with Crippen molar-refractivity contribution in [2.24, 2.45) is 0 Å². The third-order valence-corrected chi connectivity index (χ3v) is 4.93. The molecule has 1 aromatic carbocycles. The largest absolute Gasteiger partial charge is 0.490 e. The van der Waals surface area contributed by atoms with E-state index in [0.717, 1.165) is 30.3 Å². The van der Waals surface area contributed by atoms with Crippen LogP contribution in [0.5, 0.6) is 5.75 Å². The van der Waals surface area contributed by atoms with Gasteiger partial charge in [-0.15, -0.1) is 0 Å². The zero-order chi connectivity index (χ0) is 21.2. The molecule has 7 heteroatoms. The van der Waals surface area contributed by atoms with E-state index in [1.807, 2.05) is 50.1 Å². The van der Waals surface area contributed by atoms with Crippen LogP contribution in [0.25, 0.3) is 0 Å². The number of hydrogen-bond acceptors (Lipinski definition) is 3. The summed E-state index contributed by atoms with van der Waals surface area (Å²) in [5.41, 5.74) is 1.17. The van der Waals surface area contributed by atoms with Gasteiger partial charge in [-0.3, -0.25) is 9.59 Å². The van der Waals surface area contributed by atoms with Gasteiger partial charge in [0, 0.05) is 11.6 Å². The lowest BCUT2D eigenvalue weighted by Crippen LogP contribution is -3.16. The number of likely N-dealkylation sites (N-methyl/N-ethyl adjacent to an activating group) is 1. The van der Waals surface area contributed by atoms with Gasteiger partial charge in [-0.1, -0.05) is 12.7 Å². The van der Waals surface area contributed by atoms with Crippen molar-refractivity contribution < 1.29 is 24.1 Å². The van der Waals surface area contributed by atoms with Gasteiger partial charge in [-0.25, -0.2) is 0 Å². The Kier molecular flexibility index (Phi) is 9.15. The van der Waals surface area contributed by atoms with Crippen molar-refractivity contribution in [1.82, 2.24) is 10.2 Å². The van der Waals surface area contributed by atoms with E-state index in [0.29, 0.717) is 32.8 Å². The number of nitrogens with one attached hydrogen (secondary N) is 3. The Morgan fingerprint density at radius 1 is 1.28 bits per heavy atom. The van der Waals surface area contributed by atoms with Gasteiger partial charge in [-0.05, 0) is 38.1 Å². The maximum Gasteiger partial charge on any atom is 0.278 e. The summed E-state index contributed by atoms with van der Waals surface area (Å²) < 4.78 is 5.50. The minimum atomic E-state index is 0.0832. The quantitative estimate of drug-likeness (QED) is 0.417. The van der Waals surface area contributed by atoms with Crippen molar-refractivity contribution in [2.45, 2.75) is 26.4 Å². The number of carbonyl (C=O) groups is 2. The highest BCUT2D eigenvalue weighted by Gasteiger charge is 2.26. The number of quaternary nitrogens is 2. The molecule has 1 saturated heterocycles. The molecule has 160 valence electrons. The molecule has 29 heavy (non-hydrogen) atoms. The summed E-state index contributed by atoms with van der Waals surface area (Å²) >= 11 is 0. The summed E-state index contributed by atoms with van der Waals surface area (Å²) in [6.45, 7) is 12.9. The van der Waals surface area contributed by atoms with Crippen LogP contribution in [0.3, 0.4) is 0 Å². The average Bonchev–Trinajstić information content (AvgIpc) is 2.67. The van der Waals surface area contributed by atoms with Gasteiger partial charge in [0.25, 0.3) is 11.8 Å². The zero-order valence-corrected chi connectivity index (χ0v) is 18.0. The molecule has 2 rings (SSSR count). The summed E-state index contributed by atoms with van der Waals surface area (Å²) in [4.78, 5) is 28.9. The molecule has 3 N–H and O–H groups in total. The van der Waals surface area contributed by atoms with Gasteiger partial charge in [0.05, 0.1) is 33.2 Å². The first-order valence-corrected chi connectivity index (χ1v) is 10.4. The van der Waals surface area contributed by atoms with Crippen LogP contribution in [0, 0.1) is 0 Å². The summed E-state index contributed by atoms with van der Waals surface area (Å²) in [5.74, 6) is 1.09. The number of carbonyl (C=O) groups excluding carboxylic acids is 2. The van der Waals surface area contributed by atoms with Crippen LogP contribution in [0.2, 0.25) is 0 Å². The number of benzene rings is 1. The first-order valence-electron chi connectivity index (χ1n) is 10.4. The minimum Gasteiger partial charge on any atom is -0.490 e. The first-order chi connectivity index (χ1) is 13.9. The second kappa shape index (κ2) is 11.6. The molecule has 1 aliphatic rings.